The molecule has 0 bridgehead atoms. The summed E-state index contributed by atoms with van der Waals surface area (Å²) in [5, 5.41) is 5.40. The molecule has 1 N–H and O–H groups in total. The first-order chi connectivity index (χ1) is 7.86. The Kier molecular flexibility index (Phi) is 2.67. The molecule has 4 nitrogen and oxygen atoms in total. The van der Waals surface area contributed by atoms with Gasteiger partial charge in [0.25, 0.3) is 0 Å². The number of hydrogen-bond acceptors (Lipinski definition) is 4. The van der Waals surface area contributed by atoms with Crippen molar-refractivity contribution in [3.63, 3.8) is 0 Å². The van der Waals surface area contributed by atoms with Gasteiger partial charge in [0, 0.05) is 23.8 Å². The van der Waals surface area contributed by atoms with Gasteiger partial charge in [0.05, 0.1) is 12.3 Å². The van der Waals surface area contributed by atoms with E-state index < -0.39 is 0 Å². The van der Waals surface area contributed by atoms with Crippen molar-refractivity contribution in [3.05, 3.63) is 23.0 Å². The van der Waals surface area contributed by atoms with Gasteiger partial charge in [-0.2, -0.15) is 0 Å². The van der Waals surface area contributed by atoms with E-state index >= 15 is 0 Å². The molecule has 0 aliphatic carbocycles. The lowest BCUT2D eigenvalue weighted by molar-refractivity contribution is 0.0613. The summed E-state index contributed by atoms with van der Waals surface area (Å²) < 4.78 is 7.98. The van der Waals surface area contributed by atoms with Gasteiger partial charge in [0.15, 0.2) is 4.96 Å². The Bertz CT molecular complexity index is 482. The molecule has 5 heteroatoms. The number of rotatable bonds is 1. The summed E-state index contributed by atoms with van der Waals surface area (Å²) in [6.45, 7) is 4.84. The number of thiazole rings is 1. The number of hydrogen-bond donors (Lipinski definition) is 1. The Morgan fingerprint density at radius 1 is 1.56 bits per heavy atom. The number of nitrogens with zero attached hydrogens (tertiary/aromatic N) is 2. The number of fused-ring (bicyclic) bond motifs is 1. The van der Waals surface area contributed by atoms with Crippen LogP contribution in [0.5, 0.6) is 0 Å². The predicted octanol–water partition coefficient (Wildman–Crippen LogP) is 1.76. The quantitative estimate of drug-likeness (QED) is 0.821. The molecule has 2 aromatic rings. The van der Waals surface area contributed by atoms with Crippen LogP contribution in [0, 0.1) is 6.92 Å². The number of nitrogens with one attached hydrogen (secondary N) is 1. The van der Waals surface area contributed by atoms with Crippen LogP contribution >= 0.6 is 11.3 Å². The van der Waals surface area contributed by atoms with E-state index in [4.69, 9.17) is 4.74 Å². The van der Waals surface area contributed by atoms with E-state index in [1.807, 2.05) is 0 Å². The van der Waals surface area contributed by atoms with E-state index in [2.05, 4.69) is 33.2 Å². The fourth-order valence-corrected chi connectivity index (χ4v) is 2.92. The van der Waals surface area contributed by atoms with Crippen molar-refractivity contribution in [2.45, 2.75) is 19.4 Å². The average Bonchev–Trinajstić information content (AvgIpc) is 2.74. The molecule has 16 heavy (non-hydrogen) atoms. The standard InChI is InChI=1S/C11H15N3OS/c1-8-10(9-2-3-12-4-6-15-9)13-11-14(8)5-7-16-11/h5,7,9,12H,2-4,6H2,1H3. The Morgan fingerprint density at radius 3 is 3.38 bits per heavy atom. The lowest BCUT2D eigenvalue weighted by atomic mass is 10.1. The molecule has 3 rings (SSSR count). The normalized spacial score (nSPS) is 22.4. The molecule has 1 atom stereocenters. The van der Waals surface area contributed by atoms with E-state index in [0.717, 1.165) is 36.8 Å². The van der Waals surface area contributed by atoms with Crippen LogP contribution in [0.15, 0.2) is 11.6 Å². The summed E-state index contributed by atoms with van der Waals surface area (Å²) in [5.74, 6) is 0. The molecule has 1 fully saturated rings. The van der Waals surface area contributed by atoms with Crippen molar-refractivity contribution >= 4 is 16.3 Å². The first-order valence-electron chi connectivity index (χ1n) is 5.60. The minimum Gasteiger partial charge on any atom is -0.370 e. The number of imidazole rings is 1. The minimum atomic E-state index is 0.155. The van der Waals surface area contributed by atoms with Crippen molar-refractivity contribution in [1.82, 2.24) is 14.7 Å². The van der Waals surface area contributed by atoms with Crippen LogP contribution in [-0.4, -0.2) is 29.1 Å². The van der Waals surface area contributed by atoms with Gasteiger partial charge in [-0.15, -0.1) is 11.3 Å². The van der Waals surface area contributed by atoms with Crippen LogP contribution in [0.4, 0.5) is 0 Å². The number of aryl methyl sites for hydroxylation is 1. The van der Waals surface area contributed by atoms with E-state index in [9.17, 15) is 0 Å². The zero-order valence-corrected chi connectivity index (χ0v) is 10.1. The summed E-state index contributed by atoms with van der Waals surface area (Å²) in [4.78, 5) is 5.73. The maximum Gasteiger partial charge on any atom is 0.194 e. The van der Waals surface area contributed by atoms with Gasteiger partial charge in [-0.3, -0.25) is 4.40 Å². The second-order valence-electron chi connectivity index (χ2n) is 4.04. The molecule has 0 radical (unpaired) electrons. The van der Waals surface area contributed by atoms with Crippen molar-refractivity contribution in [1.29, 1.82) is 0 Å². The van der Waals surface area contributed by atoms with Gasteiger partial charge in [-0.05, 0) is 19.9 Å². The van der Waals surface area contributed by atoms with Gasteiger partial charge < -0.3 is 10.1 Å². The Morgan fingerprint density at radius 2 is 2.50 bits per heavy atom. The molecule has 1 aliphatic heterocycles. The molecule has 1 saturated heterocycles. The van der Waals surface area contributed by atoms with Crippen molar-refractivity contribution in [3.8, 4) is 0 Å². The fraction of sp³-hybridized carbons (Fsp3) is 0.545. The predicted molar refractivity (Wildman–Crippen MR) is 64.0 cm³/mol. The topological polar surface area (TPSA) is 38.6 Å². The molecule has 0 saturated carbocycles. The maximum absolute atomic E-state index is 5.84. The van der Waals surface area contributed by atoms with Gasteiger partial charge in [0.1, 0.15) is 6.10 Å². The Balaban J connectivity index is 1.97. The molecule has 0 aromatic carbocycles. The molecular weight excluding hydrogens is 222 g/mol. The molecule has 1 unspecified atom stereocenters. The molecule has 86 valence electrons. The third kappa shape index (κ3) is 1.65. The third-order valence-electron chi connectivity index (χ3n) is 3.02. The second kappa shape index (κ2) is 4.16. The van der Waals surface area contributed by atoms with Crippen LogP contribution in [0.3, 0.4) is 0 Å². The first-order valence-corrected chi connectivity index (χ1v) is 6.48. The molecule has 2 aromatic heterocycles. The van der Waals surface area contributed by atoms with Crippen LogP contribution < -0.4 is 5.32 Å². The molecule has 1 aliphatic rings. The third-order valence-corrected chi connectivity index (χ3v) is 3.78. The average molecular weight is 237 g/mol. The van der Waals surface area contributed by atoms with E-state index in [-0.39, 0.29) is 6.10 Å². The zero-order chi connectivity index (χ0) is 11.0. The van der Waals surface area contributed by atoms with Gasteiger partial charge >= 0.3 is 0 Å². The van der Waals surface area contributed by atoms with Crippen molar-refractivity contribution < 1.29 is 4.74 Å². The van der Waals surface area contributed by atoms with Crippen LogP contribution in [0.2, 0.25) is 0 Å². The minimum absolute atomic E-state index is 0.155. The summed E-state index contributed by atoms with van der Waals surface area (Å²) in [7, 11) is 0. The Labute approximate surface area is 98.3 Å². The largest absolute Gasteiger partial charge is 0.370 e. The van der Waals surface area contributed by atoms with Crippen LogP contribution in [0.25, 0.3) is 4.96 Å². The number of aromatic nitrogens is 2. The summed E-state index contributed by atoms with van der Waals surface area (Å²) >= 11 is 1.67. The lowest BCUT2D eigenvalue weighted by Gasteiger charge is -2.12. The van der Waals surface area contributed by atoms with E-state index in [1.165, 1.54) is 5.69 Å². The van der Waals surface area contributed by atoms with Gasteiger partial charge in [0.2, 0.25) is 0 Å². The highest BCUT2D eigenvalue weighted by molar-refractivity contribution is 7.15. The summed E-state index contributed by atoms with van der Waals surface area (Å²) in [5.41, 5.74) is 2.32. The first kappa shape index (κ1) is 10.3. The number of ether oxygens (including phenoxy) is 1. The smallest absolute Gasteiger partial charge is 0.194 e. The maximum atomic E-state index is 5.84. The van der Waals surface area contributed by atoms with Crippen LogP contribution in [-0.2, 0) is 4.74 Å². The van der Waals surface area contributed by atoms with Crippen molar-refractivity contribution in [2.75, 3.05) is 19.7 Å². The summed E-state index contributed by atoms with van der Waals surface area (Å²) in [6.07, 6.45) is 3.23. The highest BCUT2D eigenvalue weighted by atomic mass is 32.1. The van der Waals surface area contributed by atoms with Crippen molar-refractivity contribution in [2.24, 2.45) is 0 Å². The zero-order valence-electron chi connectivity index (χ0n) is 9.27. The highest BCUT2D eigenvalue weighted by Gasteiger charge is 2.21. The van der Waals surface area contributed by atoms with Gasteiger partial charge in [-0.1, -0.05) is 0 Å². The highest BCUT2D eigenvalue weighted by Crippen LogP contribution is 2.26. The second-order valence-corrected chi connectivity index (χ2v) is 4.91. The lowest BCUT2D eigenvalue weighted by Crippen LogP contribution is -2.16. The van der Waals surface area contributed by atoms with E-state index in [1.54, 1.807) is 11.3 Å². The SMILES string of the molecule is Cc1c(C2CCNCCO2)nc2sccn12. The fourth-order valence-electron chi connectivity index (χ4n) is 2.15. The monoisotopic (exact) mass is 237 g/mol. The van der Waals surface area contributed by atoms with E-state index in [0.29, 0.717) is 0 Å². The van der Waals surface area contributed by atoms with Gasteiger partial charge in [-0.25, -0.2) is 4.98 Å². The van der Waals surface area contributed by atoms with Crippen LogP contribution in [0.1, 0.15) is 23.9 Å². The molecule has 3 heterocycles. The summed E-state index contributed by atoms with van der Waals surface area (Å²) in [6, 6.07) is 0. The Hall–Kier alpha value is -0.910. The molecule has 0 spiro atoms. The molecule has 0 amide bonds. The molecular formula is C11H15N3OS.